The molecule has 0 spiro atoms. The molecule has 2 saturated heterocycles. The average Bonchev–Trinajstić information content (AvgIpc) is 3.71. The molecule has 0 aromatic heterocycles. The molecule has 0 bridgehead atoms. The number of rotatable bonds is 10. The molecular formula is C23H40N2O5S. The smallest absolute Gasteiger partial charge is 0.409 e. The second-order valence-electron chi connectivity index (χ2n) is 10.1. The number of likely N-dealkylation sites (tertiary alicyclic amines) is 1. The topological polar surface area (TPSA) is 76.2 Å². The largest absolute Gasteiger partial charge is 0.449 e. The summed E-state index contributed by atoms with van der Waals surface area (Å²) in [5, 5.41) is 0. The minimum Gasteiger partial charge on any atom is -0.449 e. The predicted molar refractivity (Wildman–Crippen MR) is 119 cm³/mol. The van der Waals surface area contributed by atoms with Crippen molar-refractivity contribution in [3.8, 4) is 0 Å². The van der Waals surface area contributed by atoms with Crippen LogP contribution in [0.4, 0.5) is 4.79 Å². The highest BCUT2D eigenvalue weighted by molar-refractivity contribution is 7.89. The molecule has 0 aromatic rings. The highest BCUT2D eigenvalue weighted by Gasteiger charge is 2.43. The molecule has 2 saturated carbocycles. The van der Waals surface area contributed by atoms with Crippen molar-refractivity contribution in [1.29, 1.82) is 0 Å². The molecule has 31 heavy (non-hydrogen) atoms. The van der Waals surface area contributed by atoms with Gasteiger partial charge in [0.15, 0.2) is 0 Å². The van der Waals surface area contributed by atoms with Gasteiger partial charge in [-0.15, -0.1) is 0 Å². The molecular weight excluding hydrogens is 416 g/mol. The van der Waals surface area contributed by atoms with Gasteiger partial charge in [0, 0.05) is 39.4 Å². The Balaban J connectivity index is 1.04. The molecule has 4 fully saturated rings. The van der Waals surface area contributed by atoms with Crippen LogP contribution >= 0.6 is 0 Å². The van der Waals surface area contributed by atoms with Crippen LogP contribution in [-0.2, 0) is 19.5 Å². The molecule has 1 amide bonds. The molecule has 2 atom stereocenters. The van der Waals surface area contributed by atoms with Crippen molar-refractivity contribution < 1.29 is 22.7 Å². The van der Waals surface area contributed by atoms with Crippen LogP contribution in [0.25, 0.3) is 0 Å². The number of hydrogen-bond donors (Lipinski definition) is 0. The number of nitrogens with zero attached hydrogens (tertiary/aromatic N) is 2. The van der Waals surface area contributed by atoms with Gasteiger partial charge in [0.1, 0.15) is 0 Å². The van der Waals surface area contributed by atoms with Crippen molar-refractivity contribution in [2.45, 2.75) is 58.3 Å². The van der Waals surface area contributed by atoms with Gasteiger partial charge in [0.25, 0.3) is 0 Å². The summed E-state index contributed by atoms with van der Waals surface area (Å²) in [6, 6.07) is 0. The van der Waals surface area contributed by atoms with E-state index < -0.39 is 10.0 Å². The van der Waals surface area contributed by atoms with Gasteiger partial charge in [0.2, 0.25) is 10.0 Å². The third kappa shape index (κ3) is 6.57. The number of ether oxygens (including phenoxy) is 2. The Morgan fingerprint density at radius 1 is 0.935 bits per heavy atom. The van der Waals surface area contributed by atoms with Gasteiger partial charge in [-0.3, -0.25) is 0 Å². The number of piperidine rings is 2. The Bertz CT molecular complexity index is 695. The van der Waals surface area contributed by atoms with Crippen LogP contribution in [-0.4, -0.2) is 75.5 Å². The van der Waals surface area contributed by atoms with Crippen molar-refractivity contribution in [3.05, 3.63) is 0 Å². The molecule has 7 nitrogen and oxygen atoms in total. The standard InChI is InChI=1S/C23H40N2O5S/c1-2-31(27,28)25-12-5-19(6-13-25)16-29-14-9-21-15-22(21)20-7-10-24(11-8-20)23(26)30-17-18-3-4-18/h18-22H,2-17H2,1H3/t21-,22-/m1/s1. The zero-order chi connectivity index (χ0) is 21.8. The van der Waals surface area contributed by atoms with E-state index in [0.29, 0.717) is 31.5 Å². The quantitative estimate of drug-likeness (QED) is 0.471. The van der Waals surface area contributed by atoms with Crippen LogP contribution in [0.15, 0.2) is 0 Å². The first kappa shape index (κ1) is 23.3. The molecule has 2 aliphatic heterocycles. The van der Waals surface area contributed by atoms with Crippen LogP contribution in [0.5, 0.6) is 0 Å². The fraction of sp³-hybridized carbons (Fsp3) is 0.957. The van der Waals surface area contributed by atoms with E-state index in [-0.39, 0.29) is 11.8 Å². The van der Waals surface area contributed by atoms with Crippen molar-refractivity contribution in [3.63, 3.8) is 0 Å². The molecule has 4 aliphatic rings. The lowest BCUT2D eigenvalue weighted by molar-refractivity contribution is 0.0721. The Morgan fingerprint density at radius 2 is 1.61 bits per heavy atom. The van der Waals surface area contributed by atoms with E-state index in [4.69, 9.17) is 9.47 Å². The van der Waals surface area contributed by atoms with E-state index in [1.54, 1.807) is 11.2 Å². The minimum absolute atomic E-state index is 0.107. The highest BCUT2D eigenvalue weighted by Crippen LogP contribution is 2.49. The summed E-state index contributed by atoms with van der Waals surface area (Å²) < 4.78 is 36.9. The zero-order valence-electron chi connectivity index (χ0n) is 19.0. The molecule has 178 valence electrons. The normalized spacial score (nSPS) is 28.6. The molecule has 2 heterocycles. The van der Waals surface area contributed by atoms with Gasteiger partial charge in [-0.05, 0) is 87.9 Å². The lowest BCUT2D eigenvalue weighted by Crippen LogP contribution is -2.40. The second kappa shape index (κ2) is 10.4. The Kier molecular flexibility index (Phi) is 7.81. The zero-order valence-corrected chi connectivity index (χ0v) is 19.9. The minimum atomic E-state index is -3.04. The number of hydrogen-bond acceptors (Lipinski definition) is 5. The third-order valence-corrected chi connectivity index (χ3v) is 9.72. The molecule has 0 aromatic carbocycles. The van der Waals surface area contributed by atoms with Crippen molar-refractivity contribution in [2.75, 3.05) is 51.8 Å². The Morgan fingerprint density at radius 3 is 2.26 bits per heavy atom. The molecule has 0 N–H and O–H groups in total. The maximum atomic E-state index is 12.1. The summed E-state index contributed by atoms with van der Waals surface area (Å²) in [4.78, 5) is 14.0. The summed E-state index contributed by atoms with van der Waals surface area (Å²) in [7, 11) is -3.04. The van der Waals surface area contributed by atoms with Crippen molar-refractivity contribution in [1.82, 2.24) is 9.21 Å². The number of carbonyl (C=O) groups excluding carboxylic acids is 1. The first-order valence-corrected chi connectivity index (χ1v) is 14.0. The van der Waals surface area contributed by atoms with Crippen LogP contribution in [0.3, 0.4) is 0 Å². The molecule has 4 rings (SSSR count). The van der Waals surface area contributed by atoms with Gasteiger partial charge in [-0.25, -0.2) is 17.5 Å². The highest BCUT2D eigenvalue weighted by atomic mass is 32.2. The number of carbonyl (C=O) groups is 1. The summed E-state index contributed by atoms with van der Waals surface area (Å²) >= 11 is 0. The van der Waals surface area contributed by atoms with E-state index in [1.165, 1.54) is 19.3 Å². The number of amides is 1. The fourth-order valence-corrected chi connectivity index (χ4v) is 6.41. The SMILES string of the molecule is CCS(=O)(=O)N1CCC(COCC[C@@H]2C[C@@H]2C2CCN(C(=O)OCC3CC3)CC2)CC1. The lowest BCUT2D eigenvalue weighted by atomic mass is 9.91. The van der Waals surface area contributed by atoms with Crippen molar-refractivity contribution in [2.24, 2.45) is 29.6 Å². The second-order valence-corrected chi connectivity index (χ2v) is 12.4. The first-order chi connectivity index (χ1) is 15.0. The summed E-state index contributed by atoms with van der Waals surface area (Å²) in [6.45, 7) is 6.88. The van der Waals surface area contributed by atoms with Crippen LogP contribution in [0.2, 0.25) is 0 Å². The monoisotopic (exact) mass is 456 g/mol. The summed E-state index contributed by atoms with van der Waals surface area (Å²) in [5.74, 6) is 3.66. The Hall–Kier alpha value is -0.860. The van der Waals surface area contributed by atoms with Gasteiger partial charge >= 0.3 is 6.09 Å². The van der Waals surface area contributed by atoms with E-state index >= 15 is 0 Å². The van der Waals surface area contributed by atoms with Crippen LogP contribution in [0, 0.1) is 29.6 Å². The summed E-state index contributed by atoms with van der Waals surface area (Å²) in [5.41, 5.74) is 0. The van der Waals surface area contributed by atoms with Gasteiger partial charge < -0.3 is 14.4 Å². The van der Waals surface area contributed by atoms with Gasteiger partial charge in [-0.1, -0.05) is 0 Å². The van der Waals surface area contributed by atoms with Crippen LogP contribution in [0.1, 0.15) is 58.3 Å². The molecule has 0 unspecified atom stereocenters. The number of sulfonamides is 1. The summed E-state index contributed by atoms with van der Waals surface area (Å²) in [6.07, 6.45) is 8.81. The Labute approximate surface area is 187 Å². The fourth-order valence-electron chi connectivity index (χ4n) is 5.28. The van der Waals surface area contributed by atoms with E-state index in [1.807, 2.05) is 4.90 Å². The van der Waals surface area contributed by atoms with E-state index in [0.717, 1.165) is 76.2 Å². The van der Waals surface area contributed by atoms with Gasteiger partial charge in [-0.2, -0.15) is 0 Å². The van der Waals surface area contributed by atoms with E-state index in [2.05, 4.69) is 0 Å². The third-order valence-electron chi connectivity index (χ3n) is 7.84. The maximum absolute atomic E-state index is 12.1. The van der Waals surface area contributed by atoms with Crippen LogP contribution < -0.4 is 0 Å². The maximum Gasteiger partial charge on any atom is 0.409 e. The predicted octanol–water partition coefficient (Wildman–Crippen LogP) is 3.35. The van der Waals surface area contributed by atoms with Gasteiger partial charge in [0.05, 0.1) is 12.4 Å². The molecule has 0 radical (unpaired) electrons. The van der Waals surface area contributed by atoms with Crippen molar-refractivity contribution >= 4 is 16.1 Å². The first-order valence-electron chi connectivity index (χ1n) is 12.4. The van der Waals surface area contributed by atoms with E-state index in [9.17, 15) is 13.2 Å². The molecule has 8 heteroatoms. The lowest BCUT2D eigenvalue weighted by Gasteiger charge is -2.31. The molecule has 2 aliphatic carbocycles. The average molecular weight is 457 g/mol.